The van der Waals surface area contributed by atoms with Crippen molar-refractivity contribution in [3.8, 4) is 0 Å². The summed E-state index contributed by atoms with van der Waals surface area (Å²) >= 11 is 0. The first kappa shape index (κ1) is 33.4. The monoisotopic (exact) mass is 626 g/mol. The summed E-state index contributed by atoms with van der Waals surface area (Å²) in [5.74, 6) is -0.903. The predicted molar refractivity (Wildman–Crippen MR) is 186 cm³/mol. The Morgan fingerprint density at radius 2 is 1.54 bits per heavy atom. The molecule has 8 heteroatoms. The normalized spacial score (nSPS) is 20.5. The van der Waals surface area contributed by atoms with Gasteiger partial charge in [0.1, 0.15) is 5.76 Å². The molecule has 1 fully saturated rings. The van der Waals surface area contributed by atoms with E-state index in [-0.39, 0.29) is 34.5 Å². The number of rotatable bonds is 8. The van der Waals surface area contributed by atoms with E-state index in [1.807, 2.05) is 65.8 Å². The lowest BCUT2D eigenvalue weighted by atomic mass is 9.77. The van der Waals surface area contributed by atoms with Gasteiger partial charge < -0.3 is 20.2 Å². The maximum absolute atomic E-state index is 14.1. The van der Waals surface area contributed by atoms with Gasteiger partial charge in [-0.05, 0) is 61.1 Å². The van der Waals surface area contributed by atoms with E-state index in [0.29, 0.717) is 22.5 Å². The summed E-state index contributed by atoms with van der Waals surface area (Å²) in [6.45, 7) is 18.9. The zero-order chi connectivity index (χ0) is 33.6. The number of hydrogen-bond donors (Lipinski definition) is 2. The number of ketones is 1. The average molecular weight is 627 g/mol. The van der Waals surface area contributed by atoms with Crippen molar-refractivity contribution in [1.82, 2.24) is 4.90 Å². The maximum Gasteiger partial charge on any atom is 0.251 e. The first-order valence-corrected chi connectivity index (χ1v) is 16.9. The van der Waals surface area contributed by atoms with Crippen molar-refractivity contribution in [1.29, 1.82) is 0 Å². The van der Waals surface area contributed by atoms with Crippen molar-refractivity contribution in [3.05, 3.63) is 63.6 Å². The number of Topliss-reactive ketones (excluding diaryl/α,β-unsaturated/α-hetero) is 1. The van der Waals surface area contributed by atoms with Crippen molar-refractivity contribution in [2.75, 3.05) is 36.4 Å². The zero-order valence-corrected chi connectivity index (χ0v) is 28.9. The Hall–Kier alpha value is -3.94. The van der Waals surface area contributed by atoms with Crippen LogP contribution in [0, 0.1) is 10.8 Å². The summed E-state index contributed by atoms with van der Waals surface area (Å²) in [4.78, 5) is 49.7. The van der Waals surface area contributed by atoms with Crippen molar-refractivity contribution < 1.29 is 19.5 Å². The molecule has 2 heterocycles. The number of carbonyl (C=O) groups is 3. The molecule has 0 saturated carbocycles. The second-order valence-corrected chi connectivity index (χ2v) is 15.0. The van der Waals surface area contributed by atoms with E-state index in [4.69, 9.17) is 0 Å². The van der Waals surface area contributed by atoms with E-state index in [1.165, 1.54) is 0 Å². The number of carbonyl (C=O) groups excluding carboxylic acids is 3. The van der Waals surface area contributed by atoms with E-state index in [0.717, 1.165) is 87.2 Å². The number of likely N-dealkylation sites (tertiary alicyclic amines) is 1. The van der Waals surface area contributed by atoms with Crippen LogP contribution in [0.2, 0.25) is 0 Å². The highest BCUT2D eigenvalue weighted by Gasteiger charge is 2.41. The van der Waals surface area contributed by atoms with Crippen LogP contribution in [0.1, 0.15) is 98.6 Å². The maximum atomic E-state index is 14.1. The molecule has 4 aliphatic rings. The molecule has 1 saturated heterocycles. The van der Waals surface area contributed by atoms with Gasteiger partial charge in [-0.25, -0.2) is 4.99 Å². The number of aliphatic hydroxyl groups is 1. The summed E-state index contributed by atoms with van der Waals surface area (Å²) in [6, 6.07) is 3.92. The smallest absolute Gasteiger partial charge is 0.251 e. The highest BCUT2D eigenvalue weighted by Crippen LogP contribution is 2.46. The average Bonchev–Trinajstić information content (AvgIpc) is 3.56. The molecular weight excluding hydrogens is 576 g/mol. The number of allylic oxidation sites excluding steroid dienone is 6. The number of aliphatic hydroxyl groups excluding tert-OH is 1. The number of fused-ring (bicyclic) bond motifs is 2. The van der Waals surface area contributed by atoms with Crippen molar-refractivity contribution in [2.45, 2.75) is 93.9 Å². The van der Waals surface area contributed by atoms with Gasteiger partial charge in [-0.15, -0.1) is 0 Å². The van der Waals surface area contributed by atoms with E-state index in [2.05, 4.69) is 34.0 Å². The highest BCUT2D eigenvalue weighted by molar-refractivity contribution is 6.42. The molecule has 1 aromatic rings. The molecule has 46 heavy (non-hydrogen) atoms. The second kappa shape index (κ2) is 12.7. The van der Waals surface area contributed by atoms with Crippen LogP contribution in [0.25, 0.3) is 5.57 Å². The minimum absolute atomic E-state index is 0.127. The number of anilines is 2. The number of unbranched alkanes of at least 4 members (excludes halogenated alkanes) is 2. The van der Waals surface area contributed by atoms with Crippen LogP contribution in [0.5, 0.6) is 0 Å². The molecule has 0 aromatic heterocycles. The second-order valence-electron chi connectivity index (χ2n) is 15.0. The van der Waals surface area contributed by atoms with Crippen LogP contribution < -0.4 is 10.2 Å². The Morgan fingerprint density at radius 1 is 0.891 bits per heavy atom. The van der Waals surface area contributed by atoms with Gasteiger partial charge >= 0.3 is 0 Å². The zero-order valence-electron chi connectivity index (χ0n) is 28.9. The van der Waals surface area contributed by atoms with Gasteiger partial charge in [0.15, 0.2) is 0 Å². The number of benzene rings is 1. The van der Waals surface area contributed by atoms with E-state index >= 15 is 0 Å². The van der Waals surface area contributed by atoms with Crippen LogP contribution in [-0.4, -0.2) is 59.5 Å². The fourth-order valence-electron chi connectivity index (χ4n) is 6.25. The third kappa shape index (κ3) is 6.36. The number of hydrogen-bond acceptors (Lipinski definition) is 6. The van der Waals surface area contributed by atoms with Gasteiger partial charge in [-0.1, -0.05) is 68.2 Å². The van der Waals surface area contributed by atoms with Crippen LogP contribution in [0.4, 0.5) is 11.4 Å². The van der Waals surface area contributed by atoms with Crippen LogP contribution >= 0.6 is 0 Å². The van der Waals surface area contributed by atoms with Gasteiger partial charge in [-0.2, -0.15) is 0 Å². The quantitative estimate of drug-likeness (QED) is 0.293. The van der Waals surface area contributed by atoms with Gasteiger partial charge in [0.25, 0.3) is 5.91 Å². The Bertz CT molecular complexity index is 1620. The Kier molecular flexibility index (Phi) is 9.22. The lowest BCUT2D eigenvalue weighted by Gasteiger charge is -2.29. The van der Waals surface area contributed by atoms with Crippen LogP contribution in [0.15, 0.2) is 57.5 Å². The van der Waals surface area contributed by atoms with Gasteiger partial charge in [0.05, 0.1) is 22.5 Å². The third-order valence-electron chi connectivity index (χ3n) is 9.22. The molecule has 0 atom stereocenters. The van der Waals surface area contributed by atoms with Gasteiger partial charge in [0, 0.05) is 59.5 Å². The molecule has 0 spiro atoms. The molecular formula is C38H50N4O4. The molecule has 0 unspecified atom stereocenters. The minimum atomic E-state index is -0.703. The summed E-state index contributed by atoms with van der Waals surface area (Å²) in [5.41, 5.74) is 5.19. The SMILES string of the molecule is CCCCN1CCC2=C/C(=C3/C(=O)C(c4cc5c(cc4NC(=O)C(C)(C)C)N(CCCC)CC5)=C3O)C(=NC(=O)C(C)(C)C)C=C21. The molecule has 2 N–H and O–H groups in total. The fourth-order valence-corrected chi connectivity index (χ4v) is 6.25. The Balaban J connectivity index is 1.63. The van der Waals surface area contributed by atoms with Gasteiger partial charge in [0.2, 0.25) is 11.7 Å². The molecule has 0 radical (unpaired) electrons. The molecule has 1 aromatic carbocycles. The molecule has 246 valence electrons. The summed E-state index contributed by atoms with van der Waals surface area (Å²) < 4.78 is 0. The Labute approximate surface area is 274 Å². The molecule has 2 aliphatic heterocycles. The highest BCUT2D eigenvalue weighted by atomic mass is 16.3. The first-order valence-electron chi connectivity index (χ1n) is 16.9. The predicted octanol–water partition coefficient (Wildman–Crippen LogP) is 7.33. The number of aliphatic imine (C=N–C) groups is 1. The largest absolute Gasteiger partial charge is 0.506 e. The first-order chi connectivity index (χ1) is 21.6. The summed E-state index contributed by atoms with van der Waals surface area (Å²) in [6.07, 6.45) is 9.79. The van der Waals surface area contributed by atoms with Crippen LogP contribution in [-0.2, 0) is 20.8 Å². The standard InChI is InChI=1S/C38H50N4O4/c1-9-11-15-41-17-13-23-19-25(27(21-29(23)41)39-35(45)37(3,4)5)31-33(43)32(34(31)44)26-20-24-14-18-42(16-12-10-2)30(24)22-28(26)40-36(46)38(6,7)8/h19-22,43H,9-18H2,1-8H3,(H,39,45)/b32-26-,40-28?. The van der Waals surface area contributed by atoms with Gasteiger partial charge in [-0.3, -0.25) is 14.4 Å². The van der Waals surface area contributed by atoms with Crippen LogP contribution in [0.3, 0.4) is 0 Å². The lowest BCUT2D eigenvalue weighted by molar-refractivity contribution is -0.125. The minimum Gasteiger partial charge on any atom is -0.506 e. The molecule has 8 nitrogen and oxygen atoms in total. The molecule has 0 bridgehead atoms. The van der Waals surface area contributed by atoms with E-state index in [1.54, 1.807) is 0 Å². The topological polar surface area (TPSA) is 102 Å². The third-order valence-corrected chi connectivity index (χ3v) is 9.22. The van der Waals surface area contributed by atoms with Crippen molar-refractivity contribution in [3.63, 3.8) is 0 Å². The van der Waals surface area contributed by atoms with E-state index in [9.17, 15) is 19.5 Å². The molecule has 2 amide bonds. The molecule has 5 rings (SSSR count). The van der Waals surface area contributed by atoms with Crippen molar-refractivity contribution >= 4 is 40.3 Å². The number of amides is 2. The number of nitrogens with one attached hydrogen (secondary N) is 1. The Morgan fingerprint density at radius 3 is 2.15 bits per heavy atom. The summed E-state index contributed by atoms with van der Waals surface area (Å²) in [7, 11) is 0. The number of nitrogens with zero attached hydrogens (tertiary/aromatic N) is 3. The summed E-state index contributed by atoms with van der Waals surface area (Å²) in [5, 5.41) is 14.7. The molecule has 2 aliphatic carbocycles. The van der Waals surface area contributed by atoms with E-state index < -0.39 is 10.8 Å². The lowest BCUT2D eigenvalue weighted by Crippen LogP contribution is -2.30. The fraction of sp³-hybridized carbons (Fsp3) is 0.526. The van der Waals surface area contributed by atoms with Crippen molar-refractivity contribution in [2.24, 2.45) is 15.8 Å².